The predicted molar refractivity (Wildman–Crippen MR) is 102 cm³/mol. The van der Waals surface area contributed by atoms with E-state index in [0.717, 1.165) is 23.4 Å². The molecule has 0 bridgehead atoms. The van der Waals surface area contributed by atoms with Crippen molar-refractivity contribution >= 4 is 11.7 Å². The lowest BCUT2D eigenvalue weighted by molar-refractivity contribution is 0.316. The number of rotatable bonds is 2. The van der Waals surface area contributed by atoms with Crippen LogP contribution in [0.4, 0.5) is 5.95 Å². The summed E-state index contributed by atoms with van der Waals surface area (Å²) in [7, 11) is 0. The Bertz CT molecular complexity index is 983. The molecule has 0 radical (unpaired) electrons. The zero-order chi connectivity index (χ0) is 18.1. The minimum absolute atomic E-state index is 0.165. The quantitative estimate of drug-likeness (QED) is 0.545. The summed E-state index contributed by atoms with van der Waals surface area (Å²) in [6.45, 7) is 1.88. The molecule has 4 rings (SSSR count). The van der Waals surface area contributed by atoms with Crippen LogP contribution >= 0.6 is 0 Å². The summed E-state index contributed by atoms with van der Waals surface area (Å²) in [5.74, 6) is 0.425. The summed E-state index contributed by atoms with van der Waals surface area (Å²) in [6, 6.07) is 18.7. The number of nitrogen functional groups attached to an aromatic ring is 1. The van der Waals surface area contributed by atoms with Gasteiger partial charge in [0.15, 0.2) is 0 Å². The van der Waals surface area contributed by atoms with Crippen molar-refractivity contribution in [3.8, 4) is 11.1 Å². The van der Waals surface area contributed by atoms with Crippen LogP contribution in [0.3, 0.4) is 0 Å². The predicted octanol–water partition coefficient (Wildman–Crippen LogP) is 3.94. The minimum atomic E-state index is 0.165. The number of anilines is 1. The Morgan fingerprint density at radius 2 is 1.73 bits per heavy atom. The summed E-state index contributed by atoms with van der Waals surface area (Å²) in [5.41, 5.74) is 12.5. The second-order valence-electron chi connectivity index (χ2n) is 6.59. The van der Waals surface area contributed by atoms with Gasteiger partial charge in [0.05, 0.1) is 17.1 Å². The highest BCUT2D eigenvalue weighted by Gasteiger charge is 2.30. The zero-order valence-electron chi connectivity index (χ0n) is 14.6. The molecule has 3 N–H and O–H groups in total. The highest BCUT2D eigenvalue weighted by Crippen LogP contribution is 2.38. The lowest BCUT2D eigenvalue weighted by Gasteiger charge is -2.27. The van der Waals surface area contributed by atoms with E-state index in [1.165, 1.54) is 16.7 Å². The summed E-state index contributed by atoms with van der Waals surface area (Å²) >= 11 is 0. The summed E-state index contributed by atoms with van der Waals surface area (Å²) in [4.78, 5) is 8.65. The average molecular weight is 344 g/mol. The normalized spacial score (nSPS) is 17.9. The van der Waals surface area contributed by atoms with Gasteiger partial charge in [-0.3, -0.25) is 0 Å². The van der Waals surface area contributed by atoms with Crippen molar-refractivity contribution < 1.29 is 5.21 Å². The number of fused-ring (bicyclic) bond motifs is 1. The fourth-order valence-electron chi connectivity index (χ4n) is 3.86. The van der Waals surface area contributed by atoms with Crippen LogP contribution in [-0.2, 0) is 6.42 Å². The molecule has 0 saturated carbocycles. The van der Waals surface area contributed by atoms with Gasteiger partial charge in [0.2, 0.25) is 5.95 Å². The monoisotopic (exact) mass is 344 g/mol. The maximum Gasteiger partial charge on any atom is 0.220 e. The molecule has 1 aliphatic carbocycles. The van der Waals surface area contributed by atoms with Crippen LogP contribution in [0.15, 0.2) is 59.8 Å². The Morgan fingerprint density at radius 3 is 2.50 bits per heavy atom. The Balaban J connectivity index is 1.82. The van der Waals surface area contributed by atoms with E-state index in [1.54, 1.807) is 0 Å². The van der Waals surface area contributed by atoms with Gasteiger partial charge in [-0.1, -0.05) is 59.8 Å². The first-order chi connectivity index (χ1) is 12.7. The van der Waals surface area contributed by atoms with Gasteiger partial charge in [-0.05, 0) is 36.0 Å². The molecule has 0 spiro atoms. The maximum absolute atomic E-state index is 9.58. The topological polar surface area (TPSA) is 84.4 Å². The van der Waals surface area contributed by atoms with E-state index >= 15 is 0 Å². The van der Waals surface area contributed by atoms with Crippen molar-refractivity contribution in [1.29, 1.82) is 0 Å². The summed E-state index contributed by atoms with van der Waals surface area (Å²) < 4.78 is 0. The number of nitrogens with two attached hydrogens (primary N) is 1. The highest BCUT2D eigenvalue weighted by molar-refractivity contribution is 6.03. The molecule has 0 fully saturated rings. The van der Waals surface area contributed by atoms with Crippen LogP contribution in [0.5, 0.6) is 0 Å². The Hall–Kier alpha value is -3.21. The second-order valence-corrected chi connectivity index (χ2v) is 6.59. The third kappa shape index (κ3) is 2.81. The molecule has 0 aliphatic heterocycles. The molecule has 0 amide bonds. The third-order valence-electron chi connectivity index (χ3n) is 4.96. The van der Waals surface area contributed by atoms with Crippen LogP contribution in [0.2, 0.25) is 0 Å². The fourth-order valence-corrected chi connectivity index (χ4v) is 3.86. The Morgan fingerprint density at radius 1 is 1.00 bits per heavy atom. The van der Waals surface area contributed by atoms with Crippen LogP contribution in [0.1, 0.15) is 34.9 Å². The molecular formula is C21H20N4O. The van der Waals surface area contributed by atoms with Gasteiger partial charge in [-0.15, -0.1) is 0 Å². The van der Waals surface area contributed by atoms with E-state index in [4.69, 9.17) is 5.73 Å². The lowest BCUT2D eigenvalue weighted by Crippen LogP contribution is -2.24. The van der Waals surface area contributed by atoms with Crippen LogP contribution in [0, 0.1) is 6.92 Å². The molecule has 1 aromatic heterocycles. The van der Waals surface area contributed by atoms with Crippen LogP contribution in [-0.4, -0.2) is 20.9 Å². The van der Waals surface area contributed by atoms with Crippen molar-refractivity contribution in [2.75, 3.05) is 5.73 Å². The third-order valence-corrected chi connectivity index (χ3v) is 4.96. The first-order valence-corrected chi connectivity index (χ1v) is 8.66. The van der Waals surface area contributed by atoms with Gasteiger partial charge in [-0.2, -0.15) is 0 Å². The van der Waals surface area contributed by atoms with E-state index in [9.17, 15) is 5.21 Å². The van der Waals surface area contributed by atoms with Crippen LogP contribution < -0.4 is 5.73 Å². The van der Waals surface area contributed by atoms with Crippen LogP contribution in [0.25, 0.3) is 11.1 Å². The van der Waals surface area contributed by atoms with E-state index in [0.29, 0.717) is 12.1 Å². The first kappa shape index (κ1) is 16.3. The summed E-state index contributed by atoms with van der Waals surface area (Å²) in [5, 5.41) is 13.1. The molecule has 5 nitrogen and oxygen atoms in total. The standard InChI is InChI=1S/C21H20N4O/c1-13-20-18(24-21(22)23-13)11-15(12-19(20)25-26)17-10-6-5-9-16(17)14-7-3-2-4-8-14/h2-10,15,26H,11-12H2,1H3,(H2,22,23,24)/b25-19+. The van der Waals surface area contributed by atoms with Gasteiger partial charge in [0.1, 0.15) is 0 Å². The van der Waals surface area contributed by atoms with Gasteiger partial charge < -0.3 is 10.9 Å². The van der Waals surface area contributed by atoms with Crippen molar-refractivity contribution in [3.63, 3.8) is 0 Å². The van der Waals surface area contributed by atoms with E-state index in [1.807, 2.05) is 37.3 Å². The first-order valence-electron chi connectivity index (χ1n) is 8.66. The van der Waals surface area contributed by atoms with Gasteiger partial charge in [0, 0.05) is 12.0 Å². The molecular weight excluding hydrogens is 324 g/mol. The van der Waals surface area contributed by atoms with E-state index in [2.05, 4.69) is 39.4 Å². The summed E-state index contributed by atoms with van der Waals surface area (Å²) in [6.07, 6.45) is 1.38. The average Bonchev–Trinajstić information content (AvgIpc) is 2.67. The Kier molecular flexibility index (Phi) is 4.13. The highest BCUT2D eigenvalue weighted by atomic mass is 16.4. The smallest absolute Gasteiger partial charge is 0.220 e. The molecule has 0 saturated heterocycles. The van der Waals surface area contributed by atoms with E-state index < -0.39 is 0 Å². The van der Waals surface area contributed by atoms with Crippen molar-refractivity contribution in [3.05, 3.63) is 77.1 Å². The van der Waals surface area contributed by atoms with Gasteiger partial charge in [-0.25, -0.2) is 9.97 Å². The zero-order valence-corrected chi connectivity index (χ0v) is 14.6. The van der Waals surface area contributed by atoms with Crippen molar-refractivity contribution in [2.45, 2.75) is 25.7 Å². The number of aromatic nitrogens is 2. The number of hydrogen-bond donors (Lipinski definition) is 2. The molecule has 2 aromatic carbocycles. The molecule has 26 heavy (non-hydrogen) atoms. The maximum atomic E-state index is 9.58. The van der Waals surface area contributed by atoms with Gasteiger partial charge in [0.25, 0.3) is 0 Å². The number of hydrogen-bond acceptors (Lipinski definition) is 5. The van der Waals surface area contributed by atoms with Gasteiger partial charge >= 0.3 is 0 Å². The molecule has 5 heteroatoms. The number of oxime groups is 1. The fraction of sp³-hybridized carbons (Fsp3) is 0.190. The molecule has 1 heterocycles. The number of nitrogens with zero attached hydrogens (tertiary/aromatic N) is 3. The Labute approximate surface area is 152 Å². The number of aryl methyl sites for hydroxylation is 1. The molecule has 130 valence electrons. The van der Waals surface area contributed by atoms with Crippen molar-refractivity contribution in [2.24, 2.45) is 5.16 Å². The minimum Gasteiger partial charge on any atom is -0.411 e. The second kappa shape index (κ2) is 6.59. The molecule has 3 aromatic rings. The number of benzene rings is 2. The molecule has 1 unspecified atom stereocenters. The SMILES string of the molecule is Cc1nc(N)nc2c1/C(=N/O)CC(c1ccccc1-c1ccccc1)C2. The largest absolute Gasteiger partial charge is 0.411 e. The van der Waals surface area contributed by atoms with E-state index in [-0.39, 0.29) is 11.9 Å². The van der Waals surface area contributed by atoms with Crippen molar-refractivity contribution in [1.82, 2.24) is 9.97 Å². The molecule has 1 aliphatic rings. The molecule has 1 atom stereocenters. The lowest BCUT2D eigenvalue weighted by atomic mass is 9.78.